The van der Waals surface area contributed by atoms with Crippen molar-refractivity contribution in [3.8, 4) is 5.69 Å². The molecule has 5 nitrogen and oxygen atoms in total. The highest BCUT2D eigenvalue weighted by atomic mass is 32.2. The monoisotopic (exact) mass is 413 g/mol. The molecule has 1 unspecified atom stereocenters. The number of nitrogens with zero attached hydrogens (tertiary/aromatic N) is 3. The summed E-state index contributed by atoms with van der Waals surface area (Å²) in [4.78, 5) is 32.7. The highest BCUT2D eigenvalue weighted by Crippen LogP contribution is 2.25. The number of hydrogen-bond donors (Lipinski definition) is 0. The van der Waals surface area contributed by atoms with E-state index in [-0.39, 0.29) is 11.5 Å². The third-order valence-electron chi connectivity index (χ3n) is 5.21. The van der Waals surface area contributed by atoms with E-state index in [1.807, 2.05) is 46.7 Å². The van der Waals surface area contributed by atoms with Gasteiger partial charge in [0.15, 0.2) is 5.16 Å². The summed E-state index contributed by atoms with van der Waals surface area (Å²) in [6.07, 6.45) is 4.34. The average Bonchev–Trinajstić information content (AvgIpc) is 3.21. The molecule has 1 saturated heterocycles. The average molecular weight is 414 g/mol. The van der Waals surface area contributed by atoms with Crippen molar-refractivity contribution in [3.63, 3.8) is 0 Å². The van der Waals surface area contributed by atoms with E-state index in [0.29, 0.717) is 27.2 Å². The van der Waals surface area contributed by atoms with E-state index in [2.05, 4.69) is 6.92 Å². The Labute approximate surface area is 172 Å². The SMILES string of the molecule is CCC1CCCCN1C(=O)CSc1nc2ccsc2c(=O)n1-c1ccccc1. The summed E-state index contributed by atoms with van der Waals surface area (Å²) >= 11 is 2.76. The first-order chi connectivity index (χ1) is 13.7. The topological polar surface area (TPSA) is 55.2 Å². The molecule has 4 rings (SSSR count). The lowest BCUT2D eigenvalue weighted by atomic mass is 10.0. The van der Waals surface area contributed by atoms with E-state index in [9.17, 15) is 9.59 Å². The van der Waals surface area contributed by atoms with Crippen LogP contribution in [0.5, 0.6) is 0 Å². The Morgan fingerprint density at radius 1 is 1.25 bits per heavy atom. The van der Waals surface area contributed by atoms with Crippen molar-refractivity contribution in [2.75, 3.05) is 12.3 Å². The number of aromatic nitrogens is 2. The number of carbonyl (C=O) groups excluding carboxylic acids is 1. The fraction of sp³-hybridized carbons (Fsp3) is 0.381. The molecule has 7 heteroatoms. The van der Waals surface area contributed by atoms with Gasteiger partial charge in [-0.05, 0) is 49.3 Å². The van der Waals surface area contributed by atoms with Gasteiger partial charge >= 0.3 is 0 Å². The number of thiophene rings is 1. The molecular formula is C21H23N3O2S2. The Hall–Kier alpha value is -2.12. The van der Waals surface area contributed by atoms with Crippen molar-refractivity contribution in [1.82, 2.24) is 14.5 Å². The van der Waals surface area contributed by atoms with Crippen molar-refractivity contribution >= 4 is 39.2 Å². The Kier molecular flexibility index (Phi) is 5.82. The number of para-hydroxylation sites is 1. The lowest BCUT2D eigenvalue weighted by Gasteiger charge is -2.35. The molecule has 1 aliphatic heterocycles. The van der Waals surface area contributed by atoms with Crippen LogP contribution in [0.3, 0.4) is 0 Å². The van der Waals surface area contributed by atoms with Crippen LogP contribution in [0.4, 0.5) is 0 Å². The van der Waals surface area contributed by atoms with Crippen molar-refractivity contribution < 1.29 is 4.79 Å². The van der Waals surface area contributed by atoms with Crippen LogP contribution >= 0.6 is 23.1 Å². The Bertz CT molecular complexity index is 1030. The number of hydrogen-bond acceptors (Lipinski definition) is 5. The van der Waals surface area contributed by atoms with E-state index in [1.54, 1.807) is 4.57 Å². The Morgan fingerprint density at radius 2 is 2.07 bits per heavy atom. The molecule has 3 heterocycles. The number of likely N-dealkylation sites (tertiary alicyclic amines) is 1. The predicted molar refractivity (Wildman–Crippen MR) is 116 cm³/mol. The summed E-state index contributed by atoms with van der Waals surface area (Å²) < 4.78 is 2.27. The van der Waals surface area contributed by atoms with Gasteiger partial charge in [-0.2, -0.15) is 0 Å². The fourth-order valence-corrected chi connectivity index (χ4v) is 5.41. The fourth-order valence-electron chi connectivity index (χ4n) is 3.76. The molecule has 0 saturated carbocycles. The minimum absolute atomic E-state index is 0.0782. The van der Waals surface area contributed by atoms with Gasteiger partial charge in [0.1, 0.15) is 4.70 Å². The van der Waals surface area contributed by atoms with Crippen LogP contribution in [-0.4, -0.2) is 38.7 Å². The largest absolute Gasteiger partial charge is 0.339 e. The van der Waals surface area contributed by atoms with Gasteiger partial charge in [0.2, 0.25) is 5.91 Å². The first kappa shape index (κ1) is 19.2. The molecule has 28 heavy (non-hydrogen) atoms. The Morgan fingerprint density at radius 3 is 2.86 bits per heavy atom. The number of thioether (sulfide) groups is 1. The number of rotatable bonds is 5. The number of amides is 1. The number of fused-ring (bicyclic) bond motifs is 1. The molecule has 0 spiro atoms. The van der Waals surface area contributed by atoms with E-state index < -0.39 is 0 Å². The minimum Gasteiger partial charge on any atom is -0.339 e. The summed E-state index contributed by atoms with van der Waals surface area (Å²) in [7, 11) is 0. The molecule has 146 valence electrons. The summed E-state index contributed by atoms with van der Waals surface area (Å²) in [6, 6.07) is 11.7. The van der Waals surface area contributed by atoms with Gasteiger partial charge in [-0.1, -0.05) is 36.9 Å². The molecule has 0 radical (unpaired) electrons. The number of piperidine rings is 1. The summed E-state index contributed by atoms with van der Waals surface area (Å²) in [5.41, 5.74) is 1.39. The second-order valence-electron chi connectivity index (χ2n) is 6.94. The van der Waals surface area contributed by atoms with E-state index >= 15 is 0 Å². The zero-order valence-electron chi connectivity index (χ0n) is 15.8. The van der Waals surface area contributed by atoms with Crippen LogP contribution in [0, 0.1) is 0 Å². The van der Waals surface area contributed by atoms with Crippen LogP contribution in [0.15, 0.2) is 51.7 Å². The van der Waals surface area contributed by atoms with Crippen molar-refractivity contribution in [1.29, 1.82) is 0 Å². The molecule has 2 aromatic heterocycles. The normalized spacial score (nSPS) is 17.2. The van der Waals surface area contributed by atoms with E-state index in [0.717, 1.165) is 31.5 Å². The molecule has 1 aromatic carbocycles. The van der Waals surface area contributed by atoms with Gasteiger partial charge in [0, 0.05) is 12.6 Å². The third-order valence-corrected chi connectivity index (χ3v) is 7.02. The quantitative estimate of drug-likeness (QED) is 0.461. The Balaban J connectivity index is 1.65. The van der Waals surface area contributed by atoms with Gasteiger partial charge in [-0.15, -0.1) is 11.3 Å². The van der Waals surface area contributed by atoms with Crippen molar-refractivity contribution in [2.24, 2.45) is 0 Å². The predicted octanol–water partition coefficient (Wildman–Crippen LogP) is 4.33. The lowest BCUT2D eigenvalue weighted by Crippen LogP contribution is -2.44. The van der Waals surface area contributed by atoms with Gasteiger partial charge in [0.25, 0.3) is 5.56 Å². The number of carbonyl (C=O) groups is 1. The van der Waals surface area contributed by atoms with Crippen LogP contribution in [0.2, 0.25) is 0 Å². The van der Waals surface area contributed by atoms with E-state index in [4.69, 9.17) is 4.98 Å². The second kappa shape index (κ2) is 8.49. The highest BCUT2D eigenvalue weighted by molar-refractivity contribution is 7.99. The molecule has 0 bridgehead atoms. The summed E-state index contributed by atoms with van der Waals surface area (Å²) in [5.74, 6) is 0.432. The second-order valence-corrected chi connectivity index (χ2v) is 8.80. The molecule has 0 N–H and O–H groups in total. The van der Waals surface area contributed by atoms with Crippen LogP contribution < -0.4 is 5.56 Å². The van der Waals surface area contributed by atoms with Crippen molar-refractivity contribution in [3.05, 3.63) is 52.1 Å². The molecular weight excluding hydrogens is 390 g/mol. The lowest BCUT2D eigenvalue weighted by molar-refractivity contribution is -0.132. The first-order valence-corrected chi connectivity index (χ1v) is 11.5. The third kappa shape index (κ3) is 3.73. The molecule has 1 fully saturated rings. The van der Waals surface area contributed by atoms with Crippen LogP contribution in [0.1, 0.15) is 32.6 Å². The van der Waals surface area contributed by atoms with Gasteiger partial charge in [-0.25, -0.2) is 4.98 Å². The summed E-state index contributed by atoms with van der Waals surface area (Å²) in [6.45, 7) is 2.98. The van der Waals surface area contributed by atoms with Crippen LogP contribution in [-0.2, 0) is 4.79 Å². The van der Waals surface area contributed by atoms with Crippen LogP contribution in [0.25, 0.3) is 15.9 Å². The maximum Gasteiger partial charge on any atom is 0.276 e. The molecule has 1 amide bonds. The number of benzene rings is 1. The molecule has 0 aliphatic carbocycles. The van der Waals surface area contributed by atoms with Gasteiger partial charge < -0.3 is 4.90 Å². The standard InChI is InChI=1S/C21H23N3O2S2/c1-2-15-8-6-7-12-23(15)18(25)14-28-21-22-17-11-13-27-19(17)20(26)24(21)16-9-4-3-5-10-16/h3-5,9-11,13,15H,2,6-8,12,14H2,1H3. The molecule has 1 aliphatic rings. The van der Waals surface area contributed by atoms with Gasteiger partial charge in [-0.3, -0.25) is 14.2 Å². The maximum atomic E-state index is 13.1. The molecule has 3 aromatic rings. The first-order valence-electron chi connectivity index (χ1n) is 9.67. The maximum absolute atomic E-state index is 13.1. The minimum atomic E-state index is -0.0782. The van der Waals surface area contributed by atoms with Gasteiger partial charge in [0.05, 0.1) is 17.0 Å². The van der Waals surface area contributed by atoms with Crippen molar-refractivity contribution in [2.45, 2.75) is 43.8 Å². The zero-order chi connectivity index (χ0) is 19.5. The van der Waals surface area contributed by atoms with E-state index in [1.165, 1.54) is 29.5 Å². The zero-order valence-corrected chi connectivity index (χ0v) is 17.5. The summed E-state index contributed by atoms with van der Waals surface area (Å²) in [5, 5.41) is 2.45. The molecule has 1 atom stereocenters. The highest BCUT2D eigenvalue weighted by Gasteiger charge is 2.26. The smallest absolute Gasteiger partial charge is 0.276 e.